The third kappa shape index (κ3) is 2.83. The molecule has 5 heteroatoms. The van der Waals surface area contributed by atoms with Crippen molar-refractivity contribution in [3.8, 4) is 5.69 Å². The first-order chi connectivity index (χ1) is 10.3. The van der Waals surface area contributed by atoms with Gasteiger partial charge >= 0.3 is 0 Å². The summed E-state index contributed by atoms with van der Waals surface area (Å²) in [7, 11) is 1.83. The van der Waals surface area contributed by atoms with E-state index in [0.717, 1.165) is 16.8 Å². The van der Waals surface area contributed by atoms with Crippen LogP contribution in [0.15, 0.2) is 61.2 Å². The molecule has 0 fully saturated rings. The van der Waals surface area contributed by atoms with Crippen LogP contribution in [0.25, 0.3) is 5.69 Å². The molecular weight excluding hydrogens is 267 g/mol. The zero-order valence-corrected chi connectivity index (χ0v) is 11.6. The summed E-state index contributed by atoms with van der Waals surface area (Å²) in [5, 5.41) is 7.53. The summed E-state index contributed by atoms with van der Waals surface area (Å²) in [6, 6.07) is 11.2. The van der Waals surface area contributed by atoms with Crippen molar-refractivity contribution in [2.24, 2.45) is 0 Å². The Morgan fingerprint density at radius 1 is 1.10 bits per heavy atom. The molecule has 3 aromatic rings. The normalized spacial score (nSPS) is 12.3. The molecule has 0 radical (unpaired) electrons. The molecule has 0 aliphatic carbocycles. The van der Waals surface area contributed by atoms with Crippen LogP contribution >= 0.6 is 0 Å². The average molecular weight is 282 g/mol. The molecule has 0 spiro atoms. The molecule has 0 bridgehead atoms. The van der Waals surface area contributed by atoms with E-state index in [1.807, 2.05) is 43.6 Å². The predicted octanol–water partition coefficient (Wildman–Crippen LogP) is 2.72. The van der Waals surface area contributed by atoms with Crippen LogP contribution in [-0.2, 0) is 0 Å². The molecule has 21 heavy (non-hydrogen) atoms. The second kappa shape index (κ2) is 5.85. The highest BCUT2D eigenvalue weighted by molar-refractivity contribution is 5.33. The number of halogens is 1. The maximum atomic E-state index is 13.3. The standard InChI is InChI=1S/C16H15FN4/c1-18-16(12-7-14(17)10-19-8-12)13-9-20-21(11-13)15-5-3-2-4-6-15/h2-11,16,18H,1H3. The number of nitrogens with one attached hydrogen (secondary N) is 1. The van der Waals surface area contributed by atoms with E-state index in [2.05, 4.69) is 15.4 Å². The number of nitrogens with zero attached hydrogens (tertiary/aromatic N) is 3. The predicted molar refractivity (Wildman–Crippen MR) is 78.7 cm³/mol. The average Bonchev–Trinajstić information content (AvgIpc) is 2.99. The van der Waals surface area contributed by atoms with E-state index in [4.69, 9.17) is 0 Å². The molecule has 1 N–H and O–H groups in total. The lowest BCUT2D eigenvalue weighted by Crippen LogP contribution is -2.17. The Morgan fingerprint density at radius 2 is 1.90 bits per heavy atom. The molecule has 0 amide bonds. The van der Waals surface area contributed by atoms with Crippen molar-refractivity contribution in [3.05, 3.63) is 78.1 Å². The third-order valence-corrected chi connectivity index (χ3v) is 3.30. The molecule has 0 aliphatic rings. The number of hydrogen-bond acceptors (Lipinski definition) is 3. The van der Waals surface area contributed by atoms with Crippen LogP contribution in [-0.4, -0.2) is 21.8 Å². The summed E-state index contributed by atoms with van der Waals surface area (Å²) in [4.78, 5) is 3.90. The van der Waals surface area contributed by atoms with E-state index in [1.54, 1.807) is 17.1 Å². The Bertz CT molecular complexity index is 724. The van der Waals surface area contributed by atoms with Gasteiger partial charge in [0.05, 0.1) is 24.1 Å². The van der Waals surface area contributed by atoms with Crippen LogP contribution < -0.4 is 5.32 Å². The van der Waals surface area contributed by atoms with Gasteiger partial charge in [-0.25, -0.2) is 9.07 Å². The van der Waals surface area contributed by atoms with E-state index >= 15 is 0 Å². The number of para-hydroxylation sites is 1. The minimum atomic E-state index is -0.344. The highest BCUT2D eigenvalue weighted by atomic mass is 19.1. The highest BCUT2D eigenvalue weighted by Crippen LogP contribution is 2.22. The Morgan fingerprint density at radius 3 is 2.62 bits per heavy atom. The second-order valence-corrected chi connectivity index (χ2v) is 4.71. The molecule has 106 valence electrons. The number of hydrogen-bond donors (Lipinski definition) is 1. The van der Waals surface area contributed by atoms with Gasteiger partial charge < -0.3 is 5.32 Å². The highest BCUT2D eigenvalue weighted by Gasteiger charge is 2.15. The molecule has 2 heterocycles. The van der Waals surface area contributed by atoms with Crippen LogP contribution in [0.2, 0.25) is 0 Å². The van der Waals surface area contributed by atoms with E-state index in [9.17, 15) is 4.39 Å². The number of rotatable bonds is 4. The quantitative estimate of drug-likeness (QED) is 0.800. The van der Waals surface area contributed by atoms with Crippen molar-refractivity contribution in [2.75, 3.05) is 7.05 Å². The molecule has 1 atom stereocenters. The fourth-order valence-electron chi connectivity index (χ4n) is 2.32. The molecule has 0 aliphatic heterocycles. The molecule has 3 rings (SSSR count). The Balaban J connectivity index is 1.94. The van der Waals surface area contributed by atoms with Gasteiger partial charge in [0.1, 0.15) is 5.82 Å². The lowest BCUT2D eigenvalue weighted by Gasteiger charge is -2.14. The van der Waals surface area contributed by atoms with Crippen molar-refractivity contribution in [1.82, 2.24) is 20.1 Å². The summed E-state index contributed by atoms with van der Waals surface area (Å²) in [5.74, 6) is -0.344. The monoisotopic (exact) mass is 282 g/mol. The largest absolute Gasteiger partial charge is 0.309 e. The molecular formula is C16H15FN4. The third-order valence-electron chi connectivity index (χ3n) is 3.30. The van der Waals surface area contributed by atoms with Crippen molar-refractivity contribution < 1.29 is 4.39 Å². The van der Waals surface area contributed by atoms with Crippen molar-refractivity contribution in [3.63, 3.8) is 0 Å². The maximum absolute atomic E-state index is 13.3. The summed E-state index contributed by atoms with van der Waals surface area (Å²) < 4.78 is 15.1. The van der Waals surface area contributed by atoms with Gasteiger partial charge in [-0.2, -0.15) is 5.10 Å². The lowest BCUT2D eigenvalue weighted by molar-refractivity contribution is 0.608. The van der Waals surface area contributed by atoms with Crippen molar-refractivity contribution in [2.45, 2.75) is 6.04 Å². The molecule has 1 aromatic carbocycles. The Labute approximate surface area is 122 Å². The van der Waals surface area contributed by atoms with Gasteiger partial charge in [-0.3, -0.25) is 4.98 Å². The van der Waals surface area contributed by atoms with Crippen LogP contribution in [0.4, 0.5) is 4.39 Å². The van der Waals surface area contributed by atoms with Crippen LogP contribution in [0.3, 0.4) is 0 Å². The summed E-state index contributed by atoms with van der Waals surface area (Å²) in [5.41, 5.74) is 2.70. The summed E-state index contributed by atoms with van der Waals surface area (Å²) in [6.07, 6.45) is 6.56. The zero-order valence-electron chi connectivity index (χ0n) is 11.6. The molecule has 0 saturated heterocycles. The van der Waals surface area contributed by atoms with E-state index < -0.39 is 0 Å². The SMILES string of the molecule is CNC(c1cncc(F)c1)c1cnn(-c2ccccc2)c1. The van der Waals surface area contributed by atoms with Gasteiger partial charge in [0, 0.05) is 18.0 Å². The van der Waals surface area contributed by atoms with Gasteiger partial charge in [0.25, 0.3) is 0 Å². The number of pyridine rings is 1. The minimum Gasteiger partial charge on any atom is -0.309 e. The summed E-state index contributed by atoms with van der Waals surface area (Å²) in [6.45, 7) is 0. The van der Waals surface area contributed by atoms with Gasteiger partial charge in [0.2, 0.25) is 0 Å². The van der Waals surface area contributed by atoms with E-state index in [1.165, 1.54) is 12.3 Å². The summed E-state index contributed by atoms with van der Waals surface area (Å²) >= 11 is 0. The first-order valence-electron chi connectivity index (χ1n) is 6.65. The smallest absolute Gasteiger partial charge is 0.141 e. The number of benzene rings is 1. The fraction of sp³-hybridized carbons (Fsp3) is 0.125. The number of aromatic nitrogens is 3. The van der Waals surface area contributed by atoms with Crippen molar-refractivity contribution >= 4 is 0 Å². The van der Waals surface area contributed by atoms with Gasteiger partial charge in [0.15, 0.2) is 0 Å². The van der Waals surface area contributed by atoms with Crippen molar-refractivity contribution in [1.29, 1.82) is 0 Å². The topological polar surface area (TPSA) is 42.7 Å². The van der Waals surface area contributed by atoms with Crippen LogP contribution in [0.1, 0.15) is 17.2 Å². The molecule has 0 saturated carbocycles. The Kier molecular flexibility index (Phi) is 3.75. The van der Waals surface area contributed by atoms with Gasteiger partial charge in [-0.05, 0) is 30.8 Å². The molecule has 1 unspecified atom stereocenters. The van der Waals surface area contributed by atoms with Crippen LogP contribution in [0, 0.1) is 5.82 Å². The maximum Gasteiger partial charge on any atom is 0.141 e. The van der Waals surface area contributed by atoms with E-state index in [-0.39, 0.29) is 11.9 Å². The molecule has 4 nitrogen and oxygen atoms in total. The van der Waals surface area contributed by atoms with Gasteiger partial charge in [-0.1, -0.05) is 18.2 Å². The van der Waals surface area contributed by atoms with Crippen LogP contribution in [0.5, 0.6) is 0 Å². The first kappa shape index (κ1) is 13.5. The second-order valence-electron chi connectivity index (χ2n) is 4.71. The minimum absolute atomic E-state index is 0.148. The fourth-order valence-corrected chi connectivity index (χ4v) is 2.32. The zero-order chi connectivity index (χ0) is 14.7. The van der Waals surface area contributed by atoms with E-state index in [0.29, 0.717) is 0 Å². The lowest BCUT2D eigenvalue weighted by atomic mass is 10.0. The Hall–Kier alpha value is -2.53. The first-order valence-corrected chi connectivity index (χ1v) is 6.65. The molecule has 2 aromatic heterocycles. The van der Waals surface area contributed by atoms with Gasteiger partial charge in [-0.15, -0.1) is 0 Å².